The zero-order valence-corrected chi connectivity index (χ0v) is 14.6. The third-order valence-electron chi connectivity index (χ3n) is 4.40. The van der Waals surface area contributed by atoms with Crippen LogP contribution in [0.15, 0.2) is 30.5 Å². The van der Waals surface area contributed by atoms with Gasteiger partial charge in [-0.05, 0) is 12.5 Å². The summed E-state index contributed by atoms with van der Waals surface area (Å²) in [6.07, 6.45) is 1.13. The molecule has 3 rings (SSSR count). The Morgan fingerprint density at radius 3 is 2.65 bits per heavy atom. The second-order valence-electron chi connectivity index (χ2n) is 6.18. The number of morpholine rings is 1. The molecule has 1 unspecified atom stereocenters. The Labute approximate surface area is 151 Å². The summed E-state index contributed by atoms with van der Waals surface area (Å²) in [4.78, 5) is 20.6. The fourth-order valence-electron chi connectivity index (χ4n) is 2.94. The number of nitrogens with two attached hydrogens (primary N) is 1. The van der Waals surface area contributed by atoms with Gasteiger partial charge in [-0.1, -0.05) is 29.8 Å². The van der Waals surface area contributed by atoms with E-state index in [1.165, 1.54) is 11.1 Å². The van der Waals surface area contributed by atoms with E-state index in [2.05, 4.69) is 51.4 Å². The molecule has 9 nitrogen and oxygen atoms in total. The summed E-state index contributed by atoms with van der Waals surface area (Å²) in [6, 6.07) is 8.51. The van der Waals surface area contributed by atoms with Gasteiger partial charge in [0.05, 0.1) is 24.2 Å². The molecule has 0 amide bonds. The molecule has 1 aliphatic heterocycles. The number of nitro groups is 1. The molecule has 2 aromatic rings. The number of hydrogen-bond acceptors (Lipinski definition) is 8. The van der Waals surface area contributed by atoms with Crippen LogP contribution in [0, 0.1) is 17.0 Å². The summed E-state index contributed by atoms with van der Waals surface area (Å²) >= 11 is 0. The maximum Gasteiger partial charge on any atom is 0.329 e. The second-order valence-corrected chi connectivity index (χ2v) is 6.18. The van der Waals surface area contributed by atoms with Gasteiger partial charge in [-0.2, -0.15) is 4.98 Å². The summed E-state index contributed by atoms with van der Waals surface area (Å²) in [5.41, 5.74) is 7.73. The third kappa shape index (κ3) is 4.24. The van der Waals surface area contributed by atoms with E-state index in [-0.39, 0.29) is 23.5 Å². The first-order valence-electron chi connectivity index (χ1n) is 8.43. The summed E-state index contributed by atoms with van der Waals surface area (Å²) in [5.74, 6) is 0.129. The Morgan fingerprint density at radius 1 is 1.35 bits per heavy atom. The lowest BCUT2D eigenvalue weighted by atomic mass is 10.0. The van der Waals surface area contributed by atoms with Crippen LogP contribution in [-0.4, -0.2) is 52.6 Å². The fraction of sp³-hybridized carbons (Fsp3) is 0.412. The molecule has 1 atom stereocenters. The van der Waals surface area contributed by atoms with Gasteiger partial charge in [0, 0.05) is 19.6 Å². The van der Waals surface area contributed by atoms with Crippen molar-refractivity contribution in [2.75, 3.05) is 43.9 Å². The summed E-state index contributed by atoms with van der Waals surface area (Å²) in [6.45, 7) is 5.68. The van der Waals surface area contributed by atoms with Crippen molar-refractivity contribution in [2.24, 2.45) is 0 Å². The summed E-state index contributed by atoms with van der Waals surface area (Å²) in [5, 5.41) is 14.0. The van der Waals surface area contributed by atoms with Gasteiger partial charge in [0.15, 0.2) is 0 Å². The lowest BCUT2D eigenvalue weighted by Gasteiger charge is -2.35. The number of ether oxygens (including phenoxy) is 1. The molecule has 3 N–H and O–H groups in total. The van der Waals surface area contributed by atoms with Crippen molar-refractivity contribution in [1.29, 1.82) is 0 Å². The summed E-state index contributed by atoms with van der Waals surface area (Å²) < 4.78 is 5.45. The van der Waals surface area contributed by atoms with Crippen LogP contribution in [0.1, 0.15) is 17.2 Å². The number of aryl methyl sites for hydroxylation is 1. The number of nitrogens with one attached hydrogen (secondary N) is 1. The summed E-state index contributed by atoms with van der Waals surface area (Å²) in [7, 11) is 0. The van der Waals surface area contributed by atoms with E-state index in [9.17, 15) is 10.1 Å². The van der Waals surface area contributed by atoms with Gasteiger partial charge in [0.2, 0.25) is 11.8 Å². The van der Waals surface area contributed by atoms with E-state index in [0.29, 0.717) is 19.8 Å². The van der Waals surface area contributed by atoms with Crippen LogP contribution in [0.5, 0.6) is 0 Å². The molecule has 2 heterocycles. The molecule has 1 aromatic carbocycles. The Kier molecular flexibility index (Phi) is 5.59. The van der Waals surface area contributed by atoms with Crippen molar-refractivity contribution >= 4 is 17.5 Å². The van der Waals surface area contributed by atoms with Crippen LogP contribution in [0.3, 0.4) is 0 Å². The van der Waals surface area contributed by atoms with Crippen molar-refractivity contribution in [1.82, 2.24) is 14.9 Å². The number of benzene rings is 1. The van der Waals surface area contributed by atoms with E-state index in [1.807, 2.05) is 0 Å². The molecule has 0 aliphatic carbocycles. The molecule has 0 spiro atoms. The zero-order chi connectivity index (χ0) is 18.5. The van der Waals surface area contributed by atoms with Gasteiger partial charge in [-0.3, -0.25) is 15.0 Å². The van der Waals surface area contributed by atoms with Crippen molar-refractivity contribution in [3.05, 3.63) is 51.7 Å². The lowest BCUT2D eigenvalue weighted by Crippen LogP contribution is -2.41. The average molecular weight is 358 g/mol. The van der Waals surface area contributed by atoms with E-state index in [1.54, 1.807) is 0 Å². The Balaban J connectivity index is 1.76. The lowest BCUT2D eigenvalue weighted by molar-refractivity contribution is -0.384. The molecule has 0 bridgehead atoms. The molecule has 0 saturated carbocycles. The predicted octanol–water partition coefficient (Wildman–Crippen LogP) is 1.76. The number of nitrogen functional groups attached to an aromatic ring is 1. The third-order valence-corrected chi connectivity index (χ3v) is 4.40. The largest absolute Gasteiger partial charge is 0.379 e. The minimum atomic E-state index is -0.595. The van der Waals surface area contributed by atoms with Crippen LogP contribution in [0.25, 0.3) is 0 Å². The predicted molar refractivity (Wildman–Crippen MR) is 97.9 cm³/mol. The van der Waals surface area contributed by atoms with Gasteiger partial charge >= 0.3 is 5.69 Å². The number of aromatic nitrogens is 2. The Bertz CT molecular complexity index is 762. The highest BCUT2D eigenvalue weighted by molar-refractivity contribution is 5.53. The molecule has 9 heteroatoms. The molecule has 138 valence electrons. The minimum absolute atomic E-state index is 0.111. The topological polar surface area (TPSA) is 119 Å². The highest BCUT2D eigenvalue weighted by atomic mass is 16.6. The highest BCUT2D eigenvalue weighted by Gasteiger charge is 2.23. The second kappa shape index (κ2) is 8.07. The molecule has 1 aliphatic rings. The minimum Gasteiger partial charge on any atom is -0.379 e. The van der Waals surface area contributed by atoms with Gasteiger partial charge in [-0.15, -0.1) is 0 Å². The quantitative estimate of drug-likeness (QED) is 0.592. The van der Waals surface area contributed by atoms with Crippen molar-refractivity contribution in [3.8, 4) is 0 Å². The molecule has 1 saturated heterocycles. The maximum atomic E-state index is 10.8. The molecular weight excluding hydrogens is 336 g/mol. The van der Waals surface area contributed by atoms with Crippen LogP contribution in [0.2, 0.25) is 0 Å². The highest BCUT2D eigenvalue weighted by Crippen LogP contribution is 2.24. The normalized spacial score (nSPS) is 16.2. The Morgan fingerprint density at radius 2 is 2.04 bits per heavy atom. The first-order chi connectivity index (χ1) is 12.5. The molecule has 0 radical (unpaired) electrons. The molecule has 1 fully saturated rings. The van der Waals surface area contributed by atoms with Gasteiger partial charge in [-0.25, -0.2) is 4.98 Å². The van der Waals surface area contributed by atoms with Crippen molar-refractivity contribution in [2.45, 2.75) is 13.0 Å². The zero-order valence-electron chi connectivity index (χ0n) is 14.6. The van der Waals surface area contributed by atoms with Crippen LogP contribution >= 0.6 is 0 Å². The monoisotopic (exact) mass is 358 g/mol. The van der Waals surface area contributed by atoms with Gasteiger partial charge in [0.25, 0.3) is 0 Å². The number of nitrogens with zero attached hydrogens (tertiary/aromatic N) is 4. The van der Waals surface area contributed by atoms with Gasteiger partial charge in [0.1, 0.15) is 6.20 Å². The first kappa shape index (κ1) is 18.0. The van der Waals surface area contributed by atoms with Crippen LogP contribution < -0.4 is 11.1 Å². The standard InChI is InChI=1S/C17H22N6O3/c1-12-2-4-13(5-3-12)14(22-6-8-26-9-7-22)10-19-17-20-11-15(23(24)25)16(18)21-17/h2-5,11,14H,6-10H2,1H3,(H3,18,19,20,21). The first-order valence-corrected chi connectivity index (χ1v) is 8.43. The maximum absolute atomic E-state index is 10.8. The van der Waals surface area contributed by atoms with Gasteiger partial charge < -0.3 is 15.8 Å². The molecule has 26 heavy (non-hydrogen) atoms. The average Bonchev–Trinajstić information content (AvgIpc) is 2.64. The van der Waals surface area contributed by atoms with E-state index < -0.39 is 4.92 Å². The van der Waals surface area contributed by atoms with E-state index in [4.69, 9.17) is 10.5 Å². The molecule has 1 aromatic heterocycles. The number of rotatable bonds is 6. The molecular formula is C17H22N6O3. The SMILES string of the molecule is Cc1ccc(C(CNc2ncc([N+](=O)[O-])c(N)n2)N2CCOCC2)cc1. The van der Waals surface area contributed by atoms with E-state index in [0.717, 1.165) is 19.3 Å². The van der Waals surface area contributed by atoms with Crippen LogP contribution in [0.4, 0.5) is 17.5 Å². The fourth-order valence-corrected chi connectivity index (χ4v) is 2.94. The van der Waals surface area contributed by atoms with Crippen molar-refractivity contribution < 1.29 is 9.66 Å². The smallest absolute Gasteiger partial charge is 0.329 e. The van der Waals surface area contributed by atoms with Crippen molar-refractivity contribution in [3.63, 3.8) is 0 Å². The van der Waals surface area contributed by atoms with E-state index >= 15 is 0 Å². The van der Waals surface area contributed by atoms with Crippen LogP contribution in [-0.2, 0) is 4.74 Å². The number of hydrogen-bond donors (Lipinski definition) is 2. The Hall–Kier alpha value is -2.78. The number of anilines is 2.